The van der Waals surface area contributed by atoms with Crippen LogP contribution in [0.2, 0.25) is 0 Å². The molecule has 2 N–H and O–H groups in total. The molecule has 0 spiro atoms. The minimum Gasteiger partial charge on any atom is -0.390 e. The second-order valence-electron chi connectivity index (χ2n) is 3.08. The summed E-state index contributed by atoms with van der Waals surface area (Å²) in [6.07, 6.45) is 1.01. The van der Waals surface area contributed by atoms with Gasteiger partial charge >= 0.3 is 0 Å². The fourth-order valence-corrected chi connectivity index (χ4v) is 1.73. The van der Waals surface area contributed by atoms with Gasteiger partial charge in [0.05, 0.1) is 12.3 Å². The van der Waals surface area contributed by atoms with E-state index in [0.29, 0.717) is 0 Å². The van der Waals surface area contributed by atoms with Gasteiger partial charge < -0.3 is 10.4 Å². The van der Waals surface area contributed by atoms with E-state index in [2.05, 4.69) is 10.4 Å². The first kappa shape index (κ1) is 7.76. The van der Waals surface area contributed by atoms with Gasteiger partial charge in [-0.3, -0.25) is 4.68 Å². The Morgan fingerprint density at radius 2 is 2.50 bits per heavy atom. The minimum absolute atomic E-state index is 0.0465. The molecule has 12 heavy (non-hydrogen) atoms. The Balaban J connectivity index is 2.47. The van der Waals surface area contributed by atoms with Crippen molar-refractivity contribution in [3.8, 4) is 0 Å². The van der Waals surface area contributed by atoms with Crippen LogP contribution >= 0.6 is 0 Å². The van der Waals surface area contributed by atoms with Gasteiger partial charge in [-0.1, -0.05) is 0 Å². The molecule has 0 atom stereocenters. The zero-order chi connectivity index (χ0) is 8.55. The molecule has 2 rings (SSSR count). The molecule has 0 amide bonds. The molecule has 0 aliphatic carbocycles. The van der Waals surface area contributed by atoms with Crippen LogP contribution in [0.25, 0.3) is 0 Å². The largest absolute Gasteiger partial charge is 0.390 e. The number of nitrogens with zero attached hydrogens (tertiary/aromatic N) is 2. The van der Waals surface area contributed by atoms with Gasteiger partial charge in [0, 0.05) is 37.8 Å². The lowest BCUT2D eigenvalue weighted by molar-refractivity contribution is 0.274. The minimum atomic E-state index is 0.0465. The second-order valence-corrected chi connectivity index (χ2v) is 3.08. The molecule has 4 nitrogen and oxygen atoms in total. The molecular formula is C8H13N3O. The van der Waals surface area contributed by atoms with Crippen molar-refractivity contribution in [2.24, 2.45) is 7.05 Å². The van der Waals surface area contributed by atoms with Gasteiger partial charge in [0.15, 0.2) is 0 Å². The molecule has 1 aromatic heterocycles. The first-order valence-corrected chi connectivity index (χ1v) is 4.18. The number of fused-ring (bicyclic) bond motifs is 1. The van der Waals surface area contributed by atoms with E-state index in [1.807, 2.05) is 11.7 Å². The van der Waals surface area contributed by atoms with E-state index in [0.717, 1.165) is 25.2 Å². The molecule has 1 aliphatic rings. The summed E-state index contributed by atoms with van der Waals surface area (Å²) in [7, 11) is 1.93. The van der Waals surface area contributed by atoms with Crippen molar-refractivity contribution in [3.05, 3.63) is 17.0 Å². The Morgan fingerprint density at radius 1 is 1.67 bits per heavy atom. The second kappa shape index (κ2) is 2.88. The lowest BCUT2D eigenvalue weighted by atomic mass is 10.1. The van der Waals surface area contributed by atoms with Gasteiger partial charge in [0.25, 0.3) is 0 Å². The Labute approximate surface area is 71.2 Å². The van der Waals surface area contributed by atoms with Crippen LogP contribution in [0.4, 0.5) is 0 Å². The smallest absolute Gasteiger partial charge is 0.0926 e. The van der Waals surface area contributed by atoms with Gasteiger partial charge in [-0.25, -0.2) is 0 Å². The van der Waals surface area contributed by atoms with Crippen LogP contribution in [0.15, 0.2) is 0 Å². The lowest BCUT2D eigenvalue weighted by Crippen LogP contribution is -2.24. The topological polar surface area (TPSA) is 50.1 Å². The van der Waals surface area contributed by atoms with Gasteiger partial charge in [0.2, 0.25) is 0 Å². The highest BCUT2D eigenvalue weighted by Gasteiger charge is 2.17. The molecular weight excluding hydrogens is 154 g/mol. The summed E-state index contributed by atoms with van der Waals surface area (Å²) in [6.45, 7) is 1.90. The van der Waals surface area contributed by atoms with Gasteiger partial charge in [0.1, 0.15) is 0 Å². The SMILES string of the molecule is Cn1nc(CO)c2c1CCNC2. The molecule has 1 aliphatic heterocycles. The summed E-state index contributed by atoms with van der Waals surface area (Å²) in [5.74, 6) is 0. The van der Waals surface area contributed by atoms with E-state index >= 15 is 0 Å². The Morgan fingerprint density at radius 3 is 3.25 bits per heavy atom. The van der Waals surface area contributed by atoms with Crippen LogP contribution in [0.5, 0.6) is 0 Å². The molecule has 0 fully saturated rings. The summed E-state index contributed by atoms with van der Waals surface area (Å²) in [5.41, 5.74) is 3.27. The molecule has 0 aromatic carbocycles. The number of aliphatic hydroxyl groups is 1. The molecule has 0 bridgehead atoms. The maximum absolute atomic E-state index is 9.00. The third-order valence-electron chi connectivity index (χ3n) is 2.35. The number of aryl methyl sites for hydroxylation is 1. The van der Waals surface area contributed by atoms with E-state index in [1.165, 1.54) is 11.3 Å². The summed E-state index contributed by atoms with van der Waals surface area (Å²) in [4.78, 5) is 0. The zero-order valence-corrected chi connectivity index (χ0v) is 7.17. The zero-order valence-electron chi connectivity index (χ0n) is 7.17. The Kier molecular flexibility index (Phi) is 1.86. The normalized spacial score (nSPS) is 16.2. The van der Waals surface area contributed by atoms with Crippen molar-refractivity contribution >= 4 is 0 Å². The molecule has 0 unspecified atom stereocenters. The summed E-state index contributed by atoms with van der Waals surface area (Å²) in [5, 5.41) is 16.5. The van der Waals surface area contributed by atoms with E-state index in [4.69, 9.17) is 5.11 Å². The predicted molar refractivity (Wildman–Crippen MR) is 44.5 cm³/mol. The monoisotopic (exact) mass is 167 g/mol. The summed E-state index contributed by atoms with van der Waals surface area (Å²) in [6, 6.07) is 0. The van der Waals surface area contributed by atoms with E-state index < -0.39 is 0 Å². The van der Waals surface area contributed by atoms with Crippen molar-refractivity contribution in [3.63, 3.8) is 0 Å². The molecule has 66 valence electrons. The average molecular weight is 167 g/mol. The predicted octanol–water partition coefficient (Wildman–Crippen LogP) is -0.442. The molecule has 2 heterocycles. The molecule has 0 saturated carbocycles. The lowest BCUT2D eigenvalue weighted by Gasteiger charge is -2.13. The number of aromatic nitrogens is 2. The molecule has 0 saturated heterocycles. The van der Waals surface area contributed by atoms with Crippen LogP contribution < -0.4 is 5.32 Å². The van der Waals surface area contributed by atoms with Gasteiger partial charge in [-0.15, -0.1) is 0 Å². The number of aliphatic hydroxyl groups excluding tert-OH is 1. The third-order valence-corrected chi connectivity index (χ3v) is 2.35. The van der Waals surface area contributed by atoms with Crippen molar-refractivity contribution in [1.29, 1.82) is 0 Å². The average Bonchev–Trinajstić information content (AvgIpc) is 2.44. The number of rotatable bonds is 1. The first-order chi connectivity index (χ1) is 5.83. The van der Waals surface area contributed by atoms with Crippen LogP contribution in [-0.4, -0.2) is 21.4 Å². The maximum atomic E-state index is 9.00. The Bertz CT molecular complexity index is 293. The molecule has 4 heteroatoms. The number of hydrogen-bond donors (Lipinski definition) is 2. The molecule has 0 radical (unpaired) electrons. The highest BCUT2D eigenvalue weighted by molar-refractivity contribution is 5.27. The number of hydrogen-bond acceptors (Lipinski definition) is 3. The van der Waals surface area contributed by atoms with Gasteiger partial charge in [-0.05, 0) is 0 Å². The van der Waals surface area contributed by atoms with E-state index in [9.17, 15) is 0 Å². The Hall–Kier alpha value is -0.870. The van der Waals surface area contributed by atoms with E-state index in [1.54, 1.807) is 0 Å². The van der Waals surface area contributed by atoms with Gasteiger partial charge in [-0.2, -0.15) is 5.10 Å². The quantitative estimate of drug-likeness (QED) is 0.596. The first-order valence-electron chi connectivity index (χ1n) is 4.18. The number of nitrogens with one attached hydrogen (secondary N) is 1. The van der Waals surface area contributed by atoms with Crippen molar-refractivity contribution in [2.75, 3.05) is 6.54 Å². The fourth-order valence-electron chi connectivity index (χ4n) is 1.73. The standard InChI is InChI=1S/C8H13N3O/c1-11-8-2-3-9-4-6(8)7(5-12)10-11/h9,12H,2-5H2,1H3. The fraction of sp³-hybridized carbons (Fsp3) is 0.625. The molecule has 1 aromatic rings. The van der Waals surface area contributed by atoms with Crippen molar-refractivity contribution in [2.45, 2.75) is 19.6 Å². The van der Waals surface area contributed by atoms with Crippen LogP contribution in [0.1, 0.15) is 17.0 Å². The third kappa shape index (κ3) is 1.04. The van der Waals surface area contributed by atoms with Crippen LogP contribution in [-0.2, 0) is 26.6 Å². The van der Waals surface area contributed by atoms with Crippen molar-refractivity contribution in [1.82, 2.24) is 15.1 Å². The highest BCUT2D eigenvalue weighted by atomic mass is 16.3. The van der Waals surface area contributed by atoms with E-state index in [-0.39, 0.29) is 6.61 Å². The highest BCUT2D eigenvalue weighted by Crippen LogP contribution is 2.16. The summed E-state index contributed by atoms with van der Waals surface area (Å²) >= 11 is 0. The van der Waals surface area contributed by atoms with Crippen molar-refractivity contribution < 1.29 is 5.11 Å². The maximum Gasteiger partial charge on any atom is 0.0926 e. The van der Waals surface area contributed by atoms with Crippen LogP contribution in [0, 0.1) is 0 Å². The summed E-state index contributed by atoms with van der Waals surface area (Å²) < 4.78 is 1.88. The van der Waals surface area contributed by atoms with Crippen LogP contribution in [0.3, 0.4) is 0 Å².